The predicted molar refractivity (Wildman–Crippen MR) is 68.5 cm³/mol. The molecule has 0 atom stereocenters. The summed E-state index contributed by atoms with van der Waals surface area (Å²) in [5, 5.41) is 6.26. The van der Waals surface area contributed by atoms with E-state index in [4.69, 9.17) is 0 Å². The molecule has 1 aromatic heterocycles. The quantitative estimate of drug-likeness (QED) is 0.885. The Morgan fingerprint density at radius 3 is 2.56 bits per heavy atom. The first-order chi connectivity index (χ1) is 8.60. The van der Waals surface area contributed by atoms with Gasteiger partial charge in [0, 0.05) is 13.6 Å². The van der Waals surface area contributed by atoms with Crippen molar-refractivity contribution in [2.24, 2.45) is 0 Å². The van der Waals surface area contributed by atoms with Gasteiger partial charge in [0.15, 0.2) is 5.03 Å². The summed E-state index contributed by atoms with van der Waals surface area (Å²) in [6.07, 6.45) is 2.11. The van der Waals surface area contributed by atoms with E-state index in [2.05, 4.69) is 10.2 Å². The van der Waals surface area contributed by atoms with Crippen molar-refractivity contribution in [3.63, 3.8) is 0 Å². The van der Waals surface area contributed by atoms with Gasteiger partial charge >= 0.3 is 0 Å². The Bertz CT molecular complexity index is 579. The van der Waals surface area contributed by atoms with Crippen molar-refractivity contribution >= 4 is 10.0 Å². The maximum Gasteiger partial charge on any atom is 0.259 e. The SMILES string of the molecule is CN(CCc1ccccc1)S(=O)(=O)c1ccn[nH]1. The molecule has 1 aromatic carbocycles. The normalized spacial score (nSPS) is 11.9. The van der Waals surface area contributed by atoms with E-state index in [0.717, 1.165) is 5.56 Å². The third kappa shape index (κ3) is 2.77. The average molecular weight is 265 g/mol. The molecule has 0 unspecified atom stereocenters. The molecule has 0 aliphatic carbocycles. The molecule has 96 valence electrons. The fraction of sp³-hybridized carbons (Fsp3) is 0.250. The van der Waals surface area contributed by atoms with Crippen LogP contribution >= 0.6 is 0 Å². The lowest BCUT2D eigenvalue weighted by Crippen LogP contribution is -2.29. The van der Waals surface area contributed by atoms with Crippen LogP contribution in [-0.4, -0.2) is 36.5 Å². The van der Waals surface area contributed by atoms with Crippen molar-refractivity contribution in [3.05, 3.63) is 48.2 Å². The Balaban J connectivity index is 2.03. The maximum atomic E-state index is 12.1. The summed E-state index contributed by atoms with van der Waals surface area (Å²) in [5.74, 6) is 0. The zero-order valence-corrected chi connectivity index (χ0v) is 10.9. The first-order valence-electron chi connectivity index (χ1n) is 5.60. The second-order valence-electron chi connectivity index (χ2n) is 3.98. The minimum Gasteiger partial charge on any atom is -0.266 e. The van der Waals surface area contributed by atoms with Crippen molar-refractivity contribution in [1.82, 2.24) is 14.5 Å². The first kappa shape index (κ1) is 12.8. The number of aromatic amines is 1. The largest absolute Gasteiger partial charge is 0.266 e. The summed E-state index contributed by atoms with van der Waals surface area (Å²) in [6.45, 7) is 0.436. The van der Waals surface area contributed by atoms with Crippen LogP contribution in [0.4, 0.5) is 0 Å². The van der Waals surface area contributed by atoms with Crippen LogP contribution in [0.15, 0.2) is 47.6 Å². The number of H-pyrrole nitrogens is 1. The molecule has 1 N–H and O–H groups in total. The lowest BCUT2D eigenvalue weighted by atomic mass is 10.2. The highest BCUT2D eigenvalue weighted by Gasteiger charge is 2.21. The highest BCUT2D eigenvalue weighted by atomic mass is 32.2. The monoisotopic (exact) mass is 265 g/mol. The fourth-order valence-corrected chi connectivity index (χ4v) is 2.67. The van der Waals surface area contributed by atoms with Gasteiger partial charge in [-0.05, 0) is 18.1 Å². The highest BCUT2D eigenvalue weighted by Crippen LogP contribution is 2.11. The van der Waals surface area contributed by atoms with Gasteiger partial charge < -0.3 is 0 Å². The van der Waals surface area contributed by atoms with E-state index in [1.54, 1.807) is 7.05 Å². The summed E-state index contributed by atoms with van der Waals surface area (Å²) in [7, 11) is -1.88. The van der Waals surface area contributed by atoms with Crippen LogP contribution in [0.2, 0.25) is 0 Å². The molecule has 0 saturated heterocycles. The lowest BCUT2D eigenvalue weighted by molar-refractivity contribution is 0.469. The van der Waals surface area contributed by atoms with E-state index in [0.29, 0.717) is 13.0 Å². The molecule has 2 aromatic rings. The van der Waals surface area contributed by atoms with E-state index in [9.17, 15) is 8.42 Å². The van der Waals surface area contributed by atoms with Gasteiger partial charge in [0.2, 0.25) is 0 Å². The summed E-state index contributed by atoms with van der Waals surface area (Å²) >= 11 is 0. The van der Waals surface area contributed by atoms with Gasteiger partial charge in [-0.25, -0.2) is 8.42 Å². The fourth-order valence-electron chi connectivity index (χ4n) is 1.61. The van der Waals surface area contributed by atoms with Crippen molar-refractivity contribution in [2.75, 3.05) is 13.6 Å². The van der Waals surface area contributed by atoms with Crippen molar-refractivity contribution < 1.29 is 8.42 Å². The summed E-state index contributed by atoms with van der Waals surface area (Å²) in [5.41, 5.74) is 1.11. The van der Waals surface area contributed by atoms with Crippen LogP contribution in [0.3, 0.4) is 0 Å². The second-order valence-corrected chi connectivity index (χ2v) is 6.00. The van der Waals surface area contributed by atoms with E-state index in [1.165, 1.54) is 16.6 Å². The van der Waals surface area contributed by atoms with Gasteiger partial charge in [0.1, 0.15) is 0 Å². The topological polar surface area (TPSA) is 66.1 Å². The Morgan fingerprint density at radius 2 is 1.94 bits per heavy atom. The molecule has 0 radical (unpaired) electrons. The van der Waals surface area contributed by atoms with Gasteiger partial charge in [-0.15, -0.1) is 0 Å². The molecule has 0 aliphatic rings. The van der Waals surface area contributed by atoms with E-state index >= 15 is 0 Å². The first-order valence-corrected chi connectivity index (χ1v) is 7.04. The Labute approximate surface area is 107 Å². The molecule has 0 bridgehead atoms. The van der Waals surface area contributed by atoms with Gasteiger partial charge in [0.05, 0.1) is 6.20 Å². The summed E-state index contributed by atoms with van der Waals surface area (Å²) < 4.78 is 25.5. The molecule has 0 saturated carbocycles. The van der Waals surface area contributed by atoms with Crippen LogP contribution < -0.4 is 0 Å². The molecule has 1 heterocycles. The van der Waals surface area contributed by atoms with Crippen LogP contribution in [-0.2, 0) is 16.4 Å². The van der Waals surface area contributed by atoms with Gasteiger partial charge in [0.25, 0.3) is 10.0 Å². The Morgan fingerprint density at radius 1 is 1.22 bits per heavy atom. The molecule has 0 spiro atoms. The minimum atomic E-state index is -3.45. The predicted octanol–water partition coefficient (Wildman–Crippen LogP) is 1.27. The maximum absolute atomic E-state index is 12.1. The number of likely N-dealkylation sites (N-methyl/N-ethyl adjacent to an activating group) is 1. The second kappa shape index (κ2) is 5.32. The standard InChI is InChI=1S/C12H15N3O2S/c1-15(10-8-11-5-3-2-4-6-11)18(16,17)12-7-9-13-14-12/h2-7,9H,8,10H2,1H3,(H,13,14). The van der Waals surface area contributed by atoms with Crippen LogP contribution in [0.25, 0.3) is 0 Å². The van der Waals surface area contributed by atoms with Gasteiger partial charge in [-0.2, -0.15) is 9.40 Å². The number of sulfonamides is 1. The number of benzene rings is 1. The van der Waals surface area contributed by atoms with Crippen LogP contribution in [0, 0.1) is 0 Å². The van der Waals surface area contributed by atoms with E-state index in [1.807, 2.05) is 30.3 Å². The molecule has 18 heavy (non-hydrogen) atoms. The Hall–Kier alpha value is -1.66. The third-order valence-electron chi connectivity index (χ3n) is 2.72. The van der Waals surface area contributed by atoms with E-state index < -0.39 is 10.0 Å². The highest BCUT2D eigenvalue weighted by molar-refractivity contribution is 7.89. The third-order valence-corrected chi connectivity index (χ3v) is 4.51. The summed E-state index contributed by atoms with van der Waals surface area (Å²) in [6, 6.07) is 11.2. The molecular weight excluding hydrogens is 250 g/mol. The number of rotatable bonds is 5. The zero-order valence-electron chi connectivity index (χ0n) is 10.1. The molecule has 0 aliphatic heterocycles. The molecule has 2 rings (SSSR count). The van der Waals surface area contributed by atoms with Crippen LogP contribution in [0.1, 0.15) is 5.56 Å². The number of nitrogens with one attached hydrogen (secondary N) is 1. The smallest absolute Gasteiger partial charge is 0.259 e. The number of nitrogens with zero attached hydrogens (tertiary/aromatic N) is 2. The van der Waals surface area contributed by atoms with Crippen LogP contribution in [0.5, 0.6) is 0 Å². The molecule has 5 nitrogen and oxygen atoms in total. The zero-order chi connectivity index (χ0) is 13.0. The van der Waals surface area contributed by atoms with Crippen molar-refractivity contribution in [2.45, 2.75) is 11.4 Å². The average Bonchev–Trinajstić information content (AvgIpc) is 2.91. The summed E-state index contributed by atoms with van der Waals surface area (Å²) in [4.78, 5) is 0. The molecular formula is C12H15N3O2S. The number of hydrogen-bond donors (Lipinski definition) is 1. The molecule has 0 fully saturated rings. The molecule has 0 amide bonds. The van der Waals surface area contributed by atoms with E-state index in [-0.39, 0.29) is 5.03 Å². The molecule has 6 heteroatoms. The van der Waals surface area contributed by atoms with Gasteiger partial charge in [-0.1, -0.05) is 30.3 Å². The lowest BCUT2D eigenvalue weighted by Gasteiger charge is -2.15. The minimum absolute atomic E-state index is 0.123. The van der Waals surface area contributed by atoms with Crippen molar-refractivity contribution in [1.29, 1.82) is 0 Å². The van der Waals surface area contributed by atoms with Gasteiger partial charge in [-0.3, -0.25) is 5.10 Å². The number of aromatic nitrogens is 2. The van der Waals surface area contributed by atoms with Crippen molar-refractivity contribution in [3.8, 4) is 0 Å². The Kier molecular flexibility index (Phi) is 3.78. The number of hydrogen-bond acceptors (Lipinski definition) is 3.